The van der Waals surface area contributed by atoms with E-state index in [0.717, 1.165) is 24.9 Å². The van der Waals surface area contributed by atoms with Crippen molar-refractivity contribution in [1.82, 2.24) is 10.2 Å². The molecule has 0 aliphatic rings. The first kappa shape index (κ1) is 17.7. The molecule has 20 heavy (non-hydrogen) atoms. The molecule has 1 heterocycles. The zero-order valence-corrected chi connectivity index (χ0v) is 14.7. The van der Waals surface area contributed by atoms with Crippen molar-refractivity contribution < 1.29 is 0 Å². The van der Waals surface area contributed by atoms with Gasteiger partial charge in [0.1, 0.15) is 0 Å². The Bertz CT molecular complexity index is 346. The molecule has 1 aromatic heterocycles. The number of nitrogens with zero attached hydrogens (tertiary/aromatic N) is 1. The van der Waals surface area contributed by atoms with Crippen LogP contribution in [0.5, 0.6) is 0 Å². The van der Waals surface area contributed by atoms with Crippen LogP contribution in [-0.4, -0.2) is 25.0 Å². The smallest absolute Gasteiger partial charge is 0.0328 e. The maximum absolute atomic E-state index is 3.23. The molecule has 0 aromatic carbocycles. The molecule has 0 aliphatic carbocycles. The summed E-state index contributed by atoms with van der Waals surface area (Å²) in [4.78, 5) is 5.58. The van der Waals surface area contributed by atoms with Crippen molar-refractivity contribution in [3.8, 4) is 0 Å². The lowest BCUT2D eigenvalue weighted by atomic mass is 10.1. The molecule has 1 aromatic rings. The third kappa shape index (κ3) is 7.41. The van der Waals surface area contributed by atoms with Crippen molar-refractivity contribution in [3.05, 3.63) is 21.9 Å². The molecule has 1 N–H and O–H groups in total. The maximum atomic E-state index is 3.23. The Labute approximate surface area is 129 Å². The number of nitrogens with one attached hydrogen (secondary N) is 1. The first-order chi connectivity index (χ1) is 9.51. The van der Waals surface area contributed by atoms with E-state index in [9.17, 15) is 0 Å². The van der Waals surface area contributed by atoms with Gasteiger partial charge in [-0.1, -0.05) is 27.7 Å². The van der Waals surface area contributed by atoms with Gasteiger partial charge in [0.05, 0.1) is 0 Å². The summed E-state index contributed by atoms with van der Waals surface area (Å²) < 4.78 is 0. The second kappa shape index (κ2) is 9.54. The lowest BCUT2D eigenvalue weighted by molar-refractivity contribution is 0.237. The van der Waals surface area contributed by atoms with Gasteiger partial charge in [0.15, 0.2) is 0 Å². The van der Waals surface area contributed by atoms with Gasteiger partial charge in [-0.05, 0) is 56.9 Å². The Kier molecular flexibility index (Phi) is 8.43. The van der Waals surface area contributed by atoms with Crippen LogP contribution in [0.3, 0.4) is 0 Å². The van der Waals surface area contributed by atoms with Crippen molar-refractivity contribution >= 4 is 11.3 Å². The van der Waals surface area contributed by atoms with E-state index in [1.165, 1.54) is 35.7 Å². The van der Waals surface area contributed by atoms with Gasteiger partial charge in [-0.3, -0.25) is 4.90 Å². The summed E-state index contributed by atoms with van der Waals surface area (Å²) in [5, 5.41) is 3.23. The van der Waals surface area contributed by atoms with E-state index in [2.05, 4.69) is 50.0 Å². The molecule has 2 nitrogen and oxygen atoms in total. The molecule has 0 aliphatic heterocycles. The topological polar surface area (TPSA) is 15.3 Å². The van der Waals surface area contributed by atoms with Crippen LogP contribution in [0.15, 0.2) is 12.1 Å². The minimum absolute atomic E-state index is 0.791. The lowest BCUT2D eigenvalue weighted by Gasteiger charge is -2.23. The van der Waals surface area contributed by atoms with Gasteiger partial charge >= 0.3 is 0 Å². The van der Waals surface area contributed by atoms with Gasteiger partial charge in [-0.2, -0.15) is 0 Å². The van der Waals surface area contributed by atoms with Crippen LogP contribution in [0.4, 0.5) is 0 Å². The average Bonchev–Trinajstić information content (AvgIpc) is 2.80. The van der Waals surface area contributed by atoms with Gasteiger partial charge < -0.3 is 5.32 Å². The van der Waals surface area contributed by atoms with Crippen LogP contribution in [0.2, 0.25) is 0 Å². The fourth-order valence-corrected chi connectivity index (χ4v) is 3.22. The molecule has 0 atom stereocenters. The number of hydrogen-bond donors (Lipinski definition) is 1. The molecule has 1 rings (SSSR count). The molecule has 0 saturated heterocycles. The Morgan fingerprint density at radius 2 is 1.55 bits per heavy atom. The molecular weight excluding hydrogens is 264 g/mol. The second-order valence-corrected chi connectivity index (χ2v) is 7.79. The zero-order chi connectivity index (χ0) is 15.0. The minimum atomic E-state index is 0.791. The molecule has 0 spiro atoms. The number of rotatable bonds is 10. The van der Waals surface area contributed by atoms with E-state index in [4.69, 9.17) is 0 Å². The molecule has 3 heteroatoms. The summed E-state index contributed by atoms with van der Waals surface area (Å²) >= 11 is 1.95. The van der Waals surface area contributed by atoms with Crippen molar-refractivity contribution in [2.75, 3.05) is 20.1 Å². The zero-order valence-electron chi connectivity index (χ0n) is 13.9. The quantitative estimate of drug-likeness (QED) is 0.690. The van der Waals surface area contributed by atoms with Gasteiger partial charge in [-0.15, -0.1) is 11.3 Å². The van der Waals surface area contributed by atoms with Gasteiger partial charge in [-0.25, -0.2) is 0 Å². The fourth-order valence-electron chi connectivity index (χ4n) is 2.15. The molecule has 0 unspecified atom stereocenters. The lowest BCUT2D eigenvalue weighted by Crippen LogP contribution is -2.27. The predicted molar refractivity (Wildman–Crippen MR) is 91.3 cm³/mol. The standard InChI is InChI=1S/C17H32N2S/c1-14(2)8-10-19(11-9-15(3)4)13-17-7-6-16(20-17)12-18-5/h6-7,14-15,18H,8-13H2,1-5H3. The minimum Gasteiger partial charge on any atom is -0.315 e. The Morgan fingerprint density at radius 3 is 2.05 bits per heavy atom. The maximum Gasteiger partial charge on any atom is 0.0328 e. The van der Waals surface area contributed by atoms with Crippen molar-refractivity contribution in [3.63, 3.8) is 0 Å². The second-order valence-electron chi connectivity index (χ2n) is 6.54. The molecule has 0 bridgehead atoms. The fraction of sp³-hybridized carbons (Fsp3) is 0.765. The van der Waals surface area contributed by atoms with Crippen LogP contribution in [0, 0.1) is 11.8 Å². The van der Waals surface area contributed by atoms with E-state index in [1.807, 2.05) is 18.4 Å². The summed E-state index contributed by atoms with van der Waals surface area (Å²) in [6, 6.07) is 4.56. The average molecular weight is 297 g/mol. The van der Waals surface area contributed by atoms with E-state index < -0.39 is 0 Å². The third-order valence-corrected chi connectivity index (χ3v) is 4.56. The molecule has 0 amide bonds. The van der Waals surface area contributed by atoms with E-state index in [1.54, 1.807) is 0 Å². The van der Waals surface area contributed by atoms with Crippen LogP contribution < -0.4 is 5.32 Å². The normalized spacial score (nSPS) is 12.0. The summed E-state index contributed by atoms with van der Waals surface area (Å²) in [6.45, 7) is 13.8. The Morgan fingerprint density at radius 1 is 1.00 bits per heavy atom. The Balaban J connectivity index is 2.52. The van der Waals surface area contributed by atoms with Gasteiger partial charge in [0.2, 0.25) is 0 Å². The van der Waals surface area contributed by atoms with Crippen LogP contribution >= 0.6 is 11.3 Å². The van der Waals surface area contributed by atoms with E-state index in [-0.39, 0.29) is 0 Å². The molecule has 116 valence electrons. The summed E-state index contributed by atoms with van der Waals surface area (Å²) in [7, 11) is 2.01. The van der Waals surface area contributed by atoms with Crippen LogP contribution in [0.1, 0.15) is 50.3 Å². The molecule has 0 saturated carbocycles. The van der Waals surface area contributed by atoms with Gasteiger partial charge in [0.25, 0.3) is 0 Å². The van der Waals surface area contributed by atoms with Crippen LogP contribution in [-0.2, 0) is 13.1 Å². The van der Waals surface area contributed by atoms with Crippen LogP contribution in [0.25, 0.3) is 0 Å². The van der Waals surface area contributed by atoms with E-state index in [0.29, 0.717) is 0 Å². The summed E-state index contributed by atoms with van der Waals surface area (Å²) in [5.41, 5.74) is 0. The highest BCUT2D eigenvalue weighted by molar-refractivity contribution is 7.11. The number of hydrogen-bond acceptors (Lipinski definition) is 3. The van der Waals surface area contributed by atoms with Crippen molar-refractivity contribution in [2.24, 2.45) is 11.8 Å². The summed E-state index contributed by atoms with van der Waals surface area (Å²) in [5.74, 6) is 1.58. The Hall–Kier alpha value is -0.380. The highest BCUT2D eigenvalue weighted by Crippen LogP contribution is 2.19. The largest absolute Gasteiger partial charge is 0.315 e. The van der Waals surface area contributed by atoms with E-state index >= 15 is 0 Å². The van der Waals surface area contributed by atoms with Crippen molar-refractivity contribution in [1.29, 1.82) is 0 Å². The highest BCUT2D eigenvalue weighted by atomic mass is 32.1. The van der Waals surface area contributed by atoms with Gasteiger partial charge in [0, 0.05) is 22.8 Å². The molecular formula is C17H32N2S. The SMILES string of the molecule is CNCc1ccc(CN(CCC(C)C)CCC(C)C)s1. The third-order valence-electron chi connectivity index (χ3n) is 3.49. The van der Waals surface area contributed by atoms with Crippen molar-refractivity contribution in [2.45, 2.75) is 53.6 Å². The monoisotopic (exact) mass is 296 g/mol. The first-order valence-corrected chi connectivity index (χ1v) is 8.77. The highest BCUT2D eigenvalue weighted by Gasteiger charge is 2.10. The number of thiophene rings is 1. The summed E-state index contributed by atoms with van der Waals surface area (Å²) in [6.07, 6.45) is 2.60. The molecule has 0 fully saturated rings. The predicted octanol–water partition coefficient (Wildman–Crippen LogP) is 4.36. The molecule has 0 radical (unpaired) electrons. The first-order valence-electron chi connectivity index (χ1n) is 7.95.